The summed E-state index contributed by atoms with van der Waals surface area (Å²) < 4.78 is 18.7. The molecule has 2 aromatic rings. The molecule has 20 heavy (non-hydrogen) atoms. The second kappa shape index (κ2) is 6.95. The van der Waals surface area contributed by atoms with E-state index in [1.165, 1.54) is 18.2 Å². The van der Waals surface area contributed by atoms with Crippen molar-refractivity contribution in [3.05, 3.63) is 64.4 Å². The number of aliphatic hydroxyl groups is 1. The highest BCUT2D eigenvalue weighted by Crippen LogP contribution is 2.20. The van der Waals surface area contributed by atoms with Gasteiger partial charge in [-0.2, -0.15) is 0 Å². The fraction of sp³-hybridized carbons (Fsp3) is 0.125. The van der Waals surface area contributed by atoms with Gasteiger partial charge in [-0.05, 0) is 36.4 Å². The highest BCUT2D eigenvalue weighted by molar-refractivity contribution is 6.31. The number of ether oxygens (including phenoxy) is 1. The van der Waals surface area contributed by atoms with Gasteiger partial charge in [0.1, 0.15) is 24.8 Å². The molecule has 0 bridgehead atoms. The van der Waals surface area contributed by atoms with E-state index in [-0.39, 0.29) is 19.0 Å². The summed E-state index contributed by atoms with van der Waals surface area (Å²) in [5.74, 6) is 5.60. The minimum atomic E-state index is -0.351. The third-order valence-corrected chi connectivity index (χ3v) is 2.92. The fourth-order valence-corrected chi connectivity index (χ4v) is 1.79. The molecule has 102 valence electrons. The summed E-state index contributed by atoms with van der Waals surface area (Å²) in [7, 11) is 0. The summed E-state index contributed by atoms with van der Waals surface area (Å²) in [5.41, 5.74) is 1.32. The summed E-state index contributed by atoms with van der Waals surface area (Å²) in [6, 6.07) is 11.3. The van der Waals surface area contributed by atoms with Gasteiger partial charge in [-0.15, -0.1) is 0 Å². The highest BCUT2D eigenvalue weighted by atomic mass is 35.5. The van der Waals surface area contributed by atoms with E-state index in [0.717, 1.165) is 5.56 Å². The minimum Gasteiger partial charge on any atom is -0.489 e. The normalized spacial score (nSPS) is 9.75. The molecule has 0 aromatic heterocycles. The van der Waals surface area contributed by atoms with Gasteiger partial charge in [-0.25, -0.2) is 4.39 Å². The highest BCUT2D eigenvalue weighted by Gasteiger charge is 2.03. The van der Waals surface area contributed by atoms with Gasteiger partial charge in [0.15, 0.2) is 0 Å². The Bertz CT molecular complexity index is 659. The van der Waals surface area contributed by atoms with Crippen LogP contribution in [0.25, 0.3) is 0 Å². The molecular weight excluding hydrogens is 279 g/mol. The van der Waals surface area contributed by atoms with Crippen LogP contribution in [0.4, 0.5) is 4.39 Å². The van der Waals surface area contributed by atoms with Crippen molar-refractivity contribution in [2.45, 2.75) is 6.61 Å². The Morgan fingerprint density at radius 2 is 2.05 bits per heavy atom. The molecule has 2 aromatic carbocycles. The van der Waals surface area contributed by atoms with Crippen LogP contribution in [-0.2, 0) is 6.61 Å². The molecule has 0 radical (unpaired) electrons. The van der Waals surface area contributed by atoms with Crippen LogP contribution in [-0.4, -0.2) is 11.7 Å². The monoisotopic (exact) mass is 290 g/mol. The van der Waals surface area contributed by atoms with E-state index in [2.05, 4.69) is 11.8 Å². The zero-order valence-electron chi connectivity index (χ0n) is 10.6. The Morgan fingerprint density at radius 1 is 1.20 bits per heavy atom. The molecule has 2 rings (SSSR count). The van der Waals surface area contributed by atoms with E-state index in [0.29, 0.717) is 16.3 Å². The molecule has 0 unspecified atom stereocenters. The molecule has 0 aliphatic carbocycles. The number of aliphatic hydroxyl groups excluding tert-OH is 1. The molecule has 2 nitrogen and oxygen atoms in total. The largest absolute Gasteiger partial charge is 0.489 e. The lowest BCUT2D eigenvalue weighted by molar-refractivity contribution is 0.305. The van der Waals surface area contributed by atoms with Gasteiger partial charge in [-0.3, -0.25) is 0 Å². The molecule has 0 heterocycles. The fourth-order valence-electron chi connectivity index (χ4n) is 1.62. The first kappa shape index (κ1) is 14.4. The Labute approximate surface area is 121 Å². The zero-order valence-corrected chi connectivity index (χ0v) is 11.3. The van der Waals surface area contributed by atoms with Crippen LogP contribution in [0.5, 0.6) is 5.75 Å². The quantitative estimate of drug-likeness (QED) is 0.878. The van der Waals surface area contributed by atoms with Gasteiger partial charge in [0, 0.05) is 16.1 Å². The first-order chi connectivity index (χ1) is 9.69. The van der Waals surface area contributed by atoms with Gasteiger partial charge in [0.2, 0.25) is 0 Å². The van der Waals surface area contributed by atoms with Crippen LogP contribution in [0.2, 0.25) is 5.02 Å². The number of hydrogen-bond donors (Lipinski definition) is 1. The lowest BCUT2D eigenvalue weighted by Crippen LogP contribution is -1.97. The average molecular weight is 291 g/mol. The van der Waals surface area contributed by atoms with Crippen molar-refractivity contribution in [3.8, 4) is 17.6 Å². The molecule has 0 atom stereocenters. The Hall–Kier alpha value is -2.02. The molecule has 4 heteroatoms. The summed E-state index contributed by atoms with van der Waals surface area (Å²) in [5, 5.41) is 9.11. The molecule has 0 spiro atoms. The summed E-state index contributed by atoms with van der Waals surface area (Å²) in [6.07, 6.45) is 0. The van der Waals surface area contributed by atoms with E-state index >= 15 is 0 Å². The lowest BCUT2D eigenvalue weighted by atomic mass is 10.2. The van der Waals surface area contributed by atoms with Gasteiger partial charge < -0.3 is 9.84 Å². The number of halogens is 2. The predicted molar refractivity (Wildman–Crippen MR) is 76.1 cm³/mol. The van der Waals surface area contributed by atoms with Crippen molar-refractivity contribution in [3.63, 3.8) is 0 Å². The van der Waals surface area contributed by atoms with Crippen molar-refractivity contribution in [2.24, 2.45) is 0 Å². The van der Waals surface area contributed by atoms with E-state index in [1.807, 2.05) is 6.07 Å². The van der Waals surface area contributed by atoms with Gasteiger partial charge in [-0.1, -0.05) is 29.5 Å². The maximum Gasteiger partial charge on any atom is 0.123 e. The number of benzene rings is 2. The van der Waals surface area contributed by atoms with E-state index in [4.69, 9.17) is 21.4 Å². The van der Waals surface area contributed by atoms with Gasteiger partial charge in [0.25, 0.3) is 0 Å². The second-order valence-electron chi connectivity index (χ2n) is 4.01. The van der Waals surface area contributed by atoms with E-state index in [9.17, 15) is 4.39 Å². The molecule has 0 fully saturated rings. The van der Waals surface area contributed by atoms with Crippen LogP contribution >= 0.6 is 11.6 Å². The Kier molecular flexibility index (Phi) is 5.00. The Balaban J connectivity index is 2.09. The first-order valence-electron chi connectivity index (χ1n) is 5.95. The third-order valence-electron chi connectivity index (χ3n) is 2.55. The maximum absolute atomic E-state index is 13.1. The SMILES string of the molecule is OCC#Cc1cccc(OCc2cc(F)ccc2Cl)c1. The van der Waals surface area contributed by atoms with E-state index in [1.54, 1.807) is 18.2 Å². The molecular formula is C16H12ClFO2. The zero-order chi connectivity index (χ0) is 14.4. The van der Waals surface area contributed by atoms with Crippen molar-refractivity contribution in [1.82, 2.24) is 0 Å². The summed E-state index contributed by atoms with van der Waals surface area (Å²) in [6.45, 7) is -0.0164. The van der Waals surface area contributed by atoms with Crippen molar-refractivity contribution in [2.75, 3.05) is 6.61 Å². The number of hydrogen-bond acceptors (Lipinski definition) is 2. The molecule has 1 N–H and O–H groups in total. The number of rotatable bonds is 3. The summed E-state index contributed by atoms with van der Waals surface area (Å²) in [4.78, 5) is 0. The maximum atomic E-state index is 13.1. The minimum absolute atomic E-state index is 0.174. The molecule has 0 saturated carbocycles. The van der Waals surface area contributed by atoms with Gasteiger partial charge >= 0.3 is 0 Å². The van der Waals surface area contributed by atoms with Gasteiger partial charge in [0.05, 0.1) is 0 Å². The molecule has 0 amide bonds. The van der Waals surface area contributed by atoms with Crippen molar-refractivity contribution in [1.29, 1.82) is 0 Å². The molecule has 0 aliphatic rings. The standard InChI is InChI=1S/C16H12ClFO2/c17-16-7-6-14(18)10-13(16)11-20-15-5-1-3-12(9-15)4-2-8-19/h1,3,5-7,9-10,19H,8,11H2. The smallest absolute Gasteiger partial charge is 0.123 e. The Morgan fingerprint density at radius 3 is 2.85 bits per heavy atom. The topological polar surface area (TPSA) is 29.5 Å². The second-order valence-corrected chi connectivity index (χ2v) is 4.42. The van der Waals surface area contributed by atoms with Crippen molar-refractivity contribution < 1.29 is 14.2 Å². The van der Waals surface area contributed by atoms with Crippen LogP contribution in [0.1, 0.15) is 11.1 Å². The third kappa shape index (κ3) is 3.99. The van der Waals surface area contributed by atoms with Crippen molar-refractivity contribution >= 4 is 11.6 Å². The van der Waals surface area contributed by atoms with E-state index < -0.39 is 0 Å². The summed E-state index contributed by atoms with van der Waals surface area (Å²) >= 11 is 5.97. The molecule has 0 aliphatic heterocycles. The van der Waals surface area contributed by atoms with Crippen LogP contribution < -0.4 is 4.74 Å². The predicted octanol–water partition coefficient (Wildman–Crippen LogP) is 3.40. The lowest BCUT2D eigenvalue weighted by Gasteiger charge is -2.08. The first-order valence-corrected chi connectivity index (χ1v) is 6.33. The average Bonchev–Trinajstić information content (AvgIpc) is 2.46. The van der Waals surface area contributed by atoms with Crippen LogP contribution in [0.15, 0.2) is 42.5 Å². The molecule has 0 saturated heterocycles. The van der Waals surface area contributed by atoms with Crippen LogP contribution in [0.3, 0.4) is 0 Å². The van der Waals surface area contributed by atoms with Crippen LogP contribution in [0, 0.1) is 17.7 Å².